The molecule has 0 unspecified atom stereocenters. The van der Waals surface area contributed by atoms with E-state index >= 15 is 0 Å². The molecule has 100 valence electrons. The van der Waals surface area contributed by atoms with Gasteiger partial charge in [0.1, 0.15) is 5.56 Å². The number of carbonyl (C=O) groups excluding carboxylic acids is 1. The molecule has 1 fully saturated rings. The van der Waals surface area contributed by atoms with Crippen LogP contribution in [0, 0.1) is 6.92 Å². The first kappa shape index (κ1) is 12.3. The lowest BCUT2D eigenvalue weighted by Gasteiger charge is -2.14. The minimum absolute atomic E-state index is 0.0631. The maximum Gasteiger partial charge on any atom is 0.271 e. The van der Waals surface area contributed by atoms with E-state index in [4.69, 9.17) is 0 Å². The summed E-state index contributed by atoms with van der Waals surface area (Å²) in [6, 6.07) is 0. The number of aromatic nitrogens is 2. The highest BCUT2D eigenvalue weighted by Crippen LogP contribution is 2.14. The zero-order valence-corrected chi connectivity index (χ0v) is 11.2. The third kappa shape index (κ3) is 1.95. The summed E-state index contributed by atoms with van der Waals surface area (Å²) in [4.78, 5) is 30.8. The van der Waals surface area contributed by atoms with Crippen LogP contribution in [0.2, 0.25) is 0 Å². The van der Waals surface area contributed by atoms with Gasteiger partial charge in [-0.15, -0.1) is 11.3 Å². The van der Waals surface area contributed by atoms with E-state index in [-0.39, 0.29) is 23.6 Å². The molecule has 1 amide bonds. The van der Waals surface area contributed by atoms with Crippen molar-refractivity contribution in [3.05, 3.63) is 33.2 Å². The molecule has 1 atom stereocenters. The first-order valence-corrected chi connectivity index (χ1v) is 6.89. The second kappa shape index (κ2) is 4.43. The van der Waals surface area contributed by atoms with Gasteiger partial charge in [-0.25, -0.2) is 4.98 Å². The van der Waals surface area contributed by atoms with Crippen molar-refractivity contribution in [3.8, 4) is 0 Å². The summed E-state index contributed by atoms with van der Waals surface area (Å²) >= 11 is 1.37. The van der Waals surface area contributed by atoms with Crippen LogP contribution in [0.1, 0.15) is 22.5 Å². The number of aryl methyl sites for hydroxylation is 1. The quantitative estimate of drug-likeness (QED) is 0.813. The van der Waals surface area contributed by atoms with Gasteiger partial charge in [-0.3, -0.25) is 14.0 Å². The van der Waals surface area contributed by atoms with Crippen molar-refractivity contribution in [2.75, 3.05) is 13.1 Å². The average Bonchev–Trinajstić information content (AvgIpc) is 2.96. The van der Waals surface area contributed by atoms with E-state index in [9.17, 15) is 14.7 Å². The molecule has 0 spiro atoms. The normalized spacial score (nSPS) is 19.3. The topological polar surface area (TPSA) is 74.9 Å². The fraction of sp³-hybridized carbons (Fsp3) is 0.417. The van der Waals surface area contributed by atoms with E-state index in [1.807, 2.05) is 5.38 Å². The summed E-state index contributed by atoms with van der Waals surface area (Å²) in [5.41, 5.74) is 0.497. The number of fused-ring (bicyclic) bond motifs is 1. The van der Waals surface area contributed by atoms with Crippen molar-refractivity contribution in [2.45, 2.75) is 19.4 Å². The van der Waals surface area contributed by atoms with Crippen LogP contribution in [0.3, 0.4) is 0 Å². The fourth-order valence-corrected chi connectivity index (χ4v) is 3.10. The van der Waals surface area contributed by atoms with Crippen molar-refractivity contribution < 1.29 is 9.90 Å². The van der Waals surface area contributed by atoms with Crippen molar-refractivity contribution in [1.82, 2.24) is 14.3 Å². The number of β-amino-alcohol motifs (C(OH)–C–C–N with tert-alkyl or cyclic N) is 1. The Morgan fingerprint density at radius 2 is 2.37 bits per heavy atom. The van der Waals surface area contributed by atoms with Crippen molar-refractivity contribution >= 4 is 22.2 Å². The van der Waals surface area contributed by atoms with Crippen LogP contribution in [0.4, 0.5) is 0 Å². The molecule has 1 aliphatic rings. The second-order valence-corrected chi connectivity index (χ2v) is 5.50. The molecular formula is C12H13N3O3S. The summed E-state index contributed by atoms with van der Waals surface area (Å²) in [5, 5.41) is 11.3. The molecule has 1 saturated heterocycles. The molecule has 0 aromatic carbocycles. The van der Waals surface area contributed by atoms with Crippen LogP contribution < -0.4 is 5.56 Å². The molecule has 3 rings (SSSR count). The first-order valence-electron chi connectivity index (χ1n) is 6.01. The molecule has 0 bridgehead atoms. The van der Waals surface area contributed by atoms with E-state index in [0.29, 0.717) is 17.9 Å². The Labute approximate surface area is 112 Å². The fourth-order valence-electron chi connectivity index (χ4n) is 2.27. The Hall–Kier alpha value is -1.73. The first-order chi connectivity index (χ1) is 9.08. The number of hydrogen-bond donors (Lipinski definition) is 1. The molecule has 19 heavy (non-hydrogen) atoms. The van der Waals surface area contributed by atoms with Crippen LogP contribution in [-0.2, 0) is 0 Å². The van der Waals surface area contributed by atoms with Gasteiger partial charge in [0.25, 0.3) is 11.5 Å². The molecule has 2 aromatic rings. The Kier molecular flexibility index (Phi) is 2.87. The molecular weight excluding hydrogens is 266 g/mol. The highest BCUT2D eigenvalue weighted by atomic mass is 32.1. The summed E-state index contributed by atoms with van der Waals surface area (Å²) in [7, 11) is 0. The molecule has 1 N–H and O–H groups in total. The van der Waals surface area contributed by atoms with E-state index in [0.717, 1.165) is 5.69 Å². The van der Waals surface area contributed by atoms with Gasteiger partial charge >= 0.3 is 0 Å². The predicted octanol–water partition coefficient (Wildman–Crippen LogP) is 0.271. The number of carbonyl (C=O) groups is 1. The van der Waals surface area contributed by atoms with Crippen molar-refractivity contribution in [1.29, 1.82) is 0 Å². The summed E-state index contributed by atoms with van der Waals surface area (Å²) in [6.07, 6.45) is 1.40. The number of aliphatic hydroxyl groups is 1. The van der Waals surface area contributed by atoms with Gasteiger partial charge in [0.2, 0.25) is 0 Å². The summed E-state index contributed by atoms with van der Waals surface area (Å²) < 4.78 is 1.45. The monoisotopic (exact) mass is 279 g/mol. The van der Waals surface area contributed by atoms with Crippen LogP contribution in [0.5, 0.6) is 0 Å². The van der Waals surface area contributed by atoms with Gasteiger partial charge in [-0.1, -0.05) is 0 Å². The lowest BCUT2D eigenvalue weighted by atomic mass is 10.3. The van der Waals surface area contributed by atoms with Gasteiger partial charge in [0.15, 0.2) is 4.96 Å². The van der Waals surface area contributed by atoms with E-state index in [1.165, 1.54) is 26.8 Å². The molecule has 0 saturated carbocycles. The number of aliphatic hydroxyl groups excluding tert-OH is 1. The minimum Gasteiger partial charge on any atom is -0.391 e. The third-order valence-corrected chi connectivity index (χ3v) is 4.26. The molecule has 1 aliphatic heterocycles. The number of amides is 1. The average molecular weight is 279 g/mol. The Balaban J connectivity index is 2.05. The Bertz CT molecular complexity index is 706. The van der Waals surface area contributed by atoms with Gasteiger partial charge in [0, 0.05) is 30.4 Å². The van der Waals surface area contributed by atoms with Crippen LogP contribution in [-0.4, -0.2) is 44.5 Å². The molecule has 2 aromatic heterocycles. The number of nitrogens with zero attached hydrogens (tertiary/aromatic N) is 3. The third-order valence-electron chi connectivity index (χ3n) is 3.30. The van der Waals surface area contributed by atoms with Crippen molar-refractivity contribution in [3.63, 3.8) is 0 Å². The van der Waals surface area contributed by atoms with E-state index in [2.05, 4.69) is 4.98 Å². The number of rotatable bonds is 1. The Morgan fingerprint density at radius 3 is 3.05 bits per heavy atom. The summed E-state index contributed by atoms with van der Waals surface area (Å²) in [6.45, 7) is 2.56. The van der Waals surface area contributed by atoms with Gasteiger partial charge in [0.05, 0.1) is 6.10 Å². The SMILES string of the molecule is Cc1csc2ncc(C(=O)N3CC[C@@H](O)C3)c(=O)n12. The largest absolute Gasteiger partial charge is 0.391 e. The Morgan fingerprint density at radius 1 is 1.58 bits per heavy atom. The van der Waals surface area contributed by atoms with Gasteiger partial charge < -0.3 is 10.0 Å². The second-order valence-electron chi connectivity index (χ2n) is 4.67. The highest BCUT2D eigenvalue weighted by Gasteiger charge is 2.27. The molecule has 7 heteroatoms. The minimum atomic E-state index is -0.494. The highest BCUT2D eigenvalue weighted by molar-refractivity contribution is 7.15. The zero-order chi connectivity index (χ0) is 13.6. The number of likely N-dealkylation sites (tertiary alicyclic amines) is 1. The number of thiazole rings is 1. The lowest BCUT2D eigenvalue weighted by molar-refractivity contribution is 0.0762. The van der Waals surface area contributed by atoms with Crippen molar-refractivity contribution in [2.24, 2.45) is 0 Å². The van der Waals surface area contributed by atoms with E-state index in [1.54, 1.807) is 6.92 Å². The lowest BCUT2D eigenvalue weighted by Crippen LogP contribution is -2.35. The predicted molar refractivity (Wildman–Crippen MR) is 70.6 cm³/mol. The number of hydrogen-bond acceptors (Lipinski definition) is 5. The molecule has 3 heterocycles. The molecule has 0 aliphatic carbocycles. The smallest absolute Gasteiger partial charge is 0.271 e. The van der Waals surface area contributed by atoms with Crippen LogP contribution in [0.25, 0.3) is 4.96 Å². The van der Waals surface area contributed by atoms with Crippen LogP contribution in [0.15, 0.2) is 16.4 Å². The summed E-state index contributed by atoms with van der Waals surface area (Å²) in [5.74, 6) is -0.353. The maximum absolute atomic E-state index is 12.3. The maximum atomic E-state index is 12.3. The van der Waals surface area contributed by atoms with Crippen LogP contribution >= 0.6 is 11.3 Å². The molecule has 0 radical (unpaired) electrons. The molecule has 6 nitrogen and oxygen atoms in total. The standard InChI is InChI=1S/C12H13N3O3S/c1-7-6-19-12-13-4-9(11(18)15(7)12)10(17)14-3-2-8(16)5-14/h4,6,8,16H,2-3,5H2,1H3/t8-/m1/s1. The van der Waals surface area contributed by atoms with E-state index < -0.39 is 6.10 Å². The van der Waals surface area contributed by atoms with Gasteiger partial charge in [-0.2, -0.15) is 0 Å². The zero-order valence-electron chi connectivity index (χ0n) is 10.4. The van der Waals surface area contributed by atoms with Gasteiger partial charge in [-0.05, 0) is 13.3 Å².